The van der Waals surface area contributed by atoms with Crippen molar-refractivity contribution in [1.82, 2.24) is 4.98 Å². The van der Waals surface area contributed by atoms with Crippen LogP contribution in [0.15, 0.2) is 53.3 Å². The van der Waals surface area contributed by atoms with Crippen molar-refractivity contribution in [3.8, 4) is 28.1 Å². The van der Waals surface area contributed by atoms with E-state index < -0.39 is 0 Å². The second-order valence-electron chi connectivity index (χ2n) is 4.75. The van der Waals surface area contributed by atoms with Crippen molar-refractivity contribution in [1.29, 1.82) is 0 Å². The smallest absolute Gasteiger partial charge is 0.305 e. The molecule has 0 atom stereocenters. The molecule has 106 valence electrons. The standard InChI is InChI=1S/C17H15NO2S/c1-11-16(18-17(19)21-11)14-5-3-12(4-6-14)13-7-9-15(20-2)10-8-13/h3-10H,1-2H3,(H,18,19). The van der Waals surface area contributed by atoms with Gasteiger partial charge in [-0.05, 0) is 35.7 Å². The predicted octanol–water partition coefficient (Wildman–Crippen LogP) is 4.09. The van der Waals surface area contributed by atoms with Crippen LogP contribution in [0.5, 0.6) is 5.75 Å². The van der Waals surface area contributed by atoms with Crippen molar-refractivity contribution in [2.24, 2.45) is 0 Å². The average Bonchev–Trinajstić information content (AvgIpc) is 2.86. The SMILES string of the molecule is COc1ccc(-c2ccc(-c3[nH]c(=O)sc3C)cc2)cc1. The summed E-state index contributed by atoms with van der Waals surface area (Å²) in [7, 11) is 1.66. The Morgan fingerprint density at radius 3 is 1.90 bits per heavy atom. The Hall–Kier alpha value is -2.33. The van der Waals surface area contributed by atoms with E-state index in [-0.39, 0.29) is 4.87 Å². The van der Waals surface area contributed by atoms with Gasteiger partial charge in [-0.3, -0.25) is 4.79 Å². The Morgan fingerprint density at radius 2 is 1.43 bits per heavy atom. The zero-order chi connectivity index (χ0) is 14.8. The monoisotopic (exact) mass is 297 g/mol. The molecule has 0 amide bonds. The van der Waals surface area contributed by atoms with Crippen molar-refractivity contribution in [2.75, 3.05) is 7.11 Å². The average molecular weight is 297 g/mol. The lowest BCUT2D eigenvalue weighted by atomic mass is 10.0. The van der Waals surface area contributed by atoms with E-state index in [1.165, 1.54) is 11.3 Å². The summed E-state index contributed by atoms with van der Waals surface area (Å²) in [6.07, 6.45) is 0. The Bertz CT molecular complexity index is 798. The number of ether oxygens (including phenoxy) is 1. The Labute approximate surface area is 126 Å². The number of rotatable bonds is 3. The number of aromatic amines is 1. The van der Waals surface area contributed by atoms with Gasteiger partial charge in [0, 0.05) is 4.88 Å². The van der Waals surface area contributed by atoms with Crippen LogP contribution in [-0.2, 0) is 0 Å². The first-order valence-electron chi connectivity index (χ1n) is 6.62. The van der Waals surface area contributed by atoms with E-state index in [1.807, 2.05) is 43.3 Å². The summed E-state index contributed by atoms with van der Waals surface area (Å²) in [5.41, 5.74) is 4.21. The van der Waals surface area contributed by atoms with E-state index in [0.29, 0.717) is 0 Å². The third kappa shape index (κ3) is 2.76. The molecule has 4 heteroatoms. The summed E-state index contributed by atoms with van der Waals surface area (Å²) < 4.78 is 5.16. The molecule has 0 aliphatic carbocycles. The van der Waals surface area contributed by atoms with E-state index in [9.17, 15) is 4.79 Å². The molecule has 3 rings (SSSR count). The zero-order valence-corrected chi connectivity index (χ0v) is 12.7. The van der Waals surface area contributed by atoms with Crippen molar-refractivity contribution >= 4 is 11.3 Å². The fraction of sp³-hybridized carbons (Fsp3) is 0.118. The molecule has 1 aromatic heterocycles. The van der Waals surface area contributed by atoms with Crippen LogP contribution >= 0.6 is 11.3 Å². The second kappa shape index (κ2) is 5.58. The molecule has 0 saturated heterocycles. The highest BCUT2D eigenvalue weighted by Gasteiger charge is 2.06. The topological polar surface area (TPSA) is 42.1 Å². The lowest BCUT2D eigenvalue weighted by Gasteiger charge is -2.05. The van der Waals surface area contributed by atoms with Gasteiger partial charge in [0.05, 0.1) is 12.8 Å². The van der Waals surface area contributed by atoms with E-state index in [2.05, 4.69) is 17.1 Å². The van der Waals surface area contributed by atoms with Gasteiger partial charge < -0.3 is 9.72 Å². The van der Waals surface area contributed by atoms with Crippen LogP contribution in [0.4, 0.5) is 0 Å². The maximum atomic E-state index is 11.4. The molecule has 0 spiro atoms. The molecule has 0 radical (unpaired) electrons. The third-order valence-electron chi connectivity index (χ3n) is 3.42. The molecule has 0 aliphatic rings. The van der Waals surface area contributed by atoms with Crippen LogP contribution in [0, 0.1) is 6.92 Å². The molecular weight excluding hydrogens is 282 g/mol. The number of aromatic nitrogens is 1. The van der Waals surface area contributed by atoms with Crippen LogP contribution in [0.2, 0.25) is 0 Å². The van der Waals surface area contributed by atoms with E-state index >= 15 is 0 Å². The van der Waals surface area contributed by atoms with Crippen LogP contribution in [0.25, 0.3) is 22.4 Å². The molecule has 1 heterocycles. The number of H-pyrrole nitrogens is 1. The minimum atomic E-state index is -0.0123. The minimum Gasteiger partial charge on any atom is -0.497 e. The fourth-order valence-electron chi connectivity index (χ4n) is 2.29. The fourth-order valence-corrected chi connectivity index (χ4v) is 3.00. The van der Waals surface area contributed by atoms with E-state index in [1.54, 1.807) is 7.11 Å². The van der Waals surface area contributed by atoms with Crippen molar-refractivity contribution in [3.05, 3.63) is 63.1 Å². The zero-order valence-electron chi connectivity index (χ0n) is 11.8. The first kappa shape index (κ1) is 13.6. The number of thiazole rings is 1. The summed E-state index contributed by atoms with van der Waals surface area (Å²) >= 11 is 1.24. The molecule has 2 aromatic carbocycles. The van der Waals surface area contributed by atoms with Crippen molar-refractivity contribution in [2.45, 2.75) is 6.92 Å². The first-order chi connectivity index (χ1) is 10.2. The van der Waals surface area contributed by atoms with Crippen molar-refractivity contribution in [3.63, 3.8) is 0 Å². The summed E-state index contributed by atoms with van der Waals surface area (Å²) in [5.74, 6) is 0.849. The Morgan fingerprint density at radius 1 is 0.905 bits per heavy atom. The van der Waals surface area contributed by atoms with Gasteiger partial charge in [-0.15, -0.1) is 0 Å². The second-order valence-corrected chi connectivity index (χ2v) is 5.94. The molecule has 1 N–H and O–H groups in total. The Kier molecular flexibility index (Phi) is 3.62. The molecule has 0 fully saturated rings. The van der Waals surface area contributed by atoms with Gasteiger partial charge in [0.25, 0.3) is 0 Å². The quantitative estimate of drug-likeness (QED) is 0.791. The lowest BCUT2D eigenvalue weighted by molar-refractivity contribution is 0.415. The molecule has 3 nitrogen and oxygen atoms in total. The van der Waals surface area contributed by atoms with Gasteiger partial charge in [-0.2, -0.15) is 0 Å². The molecule has 0 aliphatic heterocycles. The number of aryl methyl sites for hydroxylation is 1. The molecule has 0 unspecified atom stereocenters. The Balaban J connectivity index is 1.93. The number of hydrogen-bond acceptors (Lipinski definition) is 3. The van der Waals surface area contributed by atoms with Crippen LogP contribution < -0.4 is 9.61 Å². The molecule has 21 heavy (non-hydrogen) atoms. The number of nitrogens with one attached hydrogen (secondary N) is 1. The third-order valence-corrected chi connectivity index (χ3v) is 4.22. The van der Waals surface area contributed by atoms with Crippen LogP contribution in [0.3, 0.4) is 0 Å². The predicted molar refractivity (Wildman–Crippen MR) is 87.1 cm³/mol. The molecule has 0 bridgehead atoms. The highest BCUT2D eigenvalue weighted by Crippen LogP contribution is 2.27. The van der Waals surface area contributed by atoms with Gasteiger partial charge in [0.2, 0.25) is 0 Å². The highest BCUT2D eigenvalue weighted by atomic mass is 32.1. The summed E-state index contributed by atoms with van der Waals surface area (Å²) in [6, 6.07) is 16.2. The molecule has 3 aromatic rings. The molecular formula is C17H15NO2S. The van der Waals surface area contributed by atoms with Crippen LogP contribution in [0.1, 0.15) is 4.88 Å². The summed E-state index contributed by atoms with van der Waals surface area (Å²) in [5, 5.41) is 0. The van der Waals surface area contributed by atoms with Gasteiger partial charge in [-0.25, -0.2) is 0 Å². The van der Waals surface area contributed by atoms with Gasteiger partial charge in [0.15, 0.2) is 0 Å². The van der Waals surface area contributed by atoms with Crippen LogP contribution in [-0.4, -0.2) is 12.1 Å². The normalized spacial score (nSPS) is 10.6. The van der Waals surface area contributed by atoms with Gasteiger partial charge >= 0.3 is 4.87 Å². The lowest BCUT2D eigenvalue weighted by Crippen LogP contribution is -1.92. The maximum Gasteiger partial charge on any atom is 0.305 e. The largest absolute Gasteiger partial charge is 0.497 e. The first-order valence-corrected chi connectivity index (χ1v) is 7.43. The number of benzene rings is 2. The number of hydrogen-bond donors (Lipinski definition) is 1. The van der Waals surface area contributed by atoms with Crippen molar-refractivity contribution < 1.29 is 4.74 Å². The molecule has 0 saturated carbocycles. The van der Waals surface area contributed by atoms with E-state index in [0.717, 1.165) is 33.0 Å². The minimum absolute atomic E-state index is 0.0123. The highest BCUT2D eigenvalue weighted by molar-refractivity contribution is 7.09. The van der Waals surface area contributed by atoms with Gasteiger partial charge in [0.1, 0.15) is 5.75 Å². The summed E-state index contributed by atoms with van der Waals surface area (Å²) in [4.78, 5) is 15.3. The maximum absolute atomic E-state index is 11.4. The van der Waals surface area contributed by atoms with Gasteiger partial charge in [-0.1, -0.05) is 47.7 Å². The number of methoxy groups -OCH3 is 1. The summed E-state index contributed by atoms with van der Waals surface area (Å²) in [6.45, 7) is 1.95. The van der Waals surface area contributed by atoms with E-state index in [4.69, 9.17) is 4.74 Å².